The number of ether oxygens (including phenoxy) is 2. The van der Waals surface area contributed by atoms with Crippen molar-refractivity contribution in [1.82, 2.24) is 73.1 Å². The quantitative estimate of drug-likeness (QED) is 0.0240. The number of phenols is 1. The molecule has 3 aliphatic rings. The molecule has 19 N–H and O–H groups in total. The zero-order valence-corrected chi connectivity index (χ0v) is 66.5. The lowest BCUT2D eigenvalue weighted by Gasteiger charge is -2.42. The lowest BCUT2D eigenvalue weighted by molar-refractivity contribution is -0.259. The number of aliphatic hydroxyl groups is 2. The molecule has 0 aliphatic carbocycles. The lowest BCUT2D eigenvalue weighted by atomic mass is 9.96. The summed E-state index contributed by atoms with van der Waals surface area (Å²) in [5, 5.41) is 68.8. The van der Waals surface area contributed by atoms with Gasteiger partial charge in [-0.15, -0.1) is 5.10 Å². The monoisotopic (exact) mass is 1620 g/mol. The van der Waals surface area contributed by atoms with Gasteiger partial charge in [0.15, 0.2) is 6.29 Å². The number of hydrogen-bond donors (Lipinski definition) is 16. The Balaban J connectivity index is 1.19. The molecule has 3 fully saturated rings. The Morgan fingerprint density at radius 1 is 0.538 bits per heavy atom. The number of hydrogen-bond acceptors (Lipinski definition) is 21. The summed E-state index contributed by atoms with van der Waals surface area (Å²) < 4.78 is 12.9. The smallest absolute Gasteiger partial charge is 0.246 e. The van der Waals surface area contributed by atoms with Crippen LogP contribution in [0.25, 0.3) is 0 Å². The Morgan fingerprint density at radius 2 is 0.991 bits per heavy atom. The van der Waals surface area contributed by atoms with Gasteiger partial charge in [0.05, 0.1) is 18.7 Å². The van der Waals surface area contributed by atoms with Crippen molar-refractivity contribution in [1.29, 1.82) is 0 Å². The number of nitrogens with one attached hydrogen (secondary N) is 10. The second kappa shape index (κ2) is 45.9. The summed E-state index contributed by atoms with van der Waals surface area (Å²) in [5.74, 6) is -12.7. The fourth-order valence-corrected chi connectivity index (χ4v) is 14.3. The van der Waals surface area contributed by atoms with Crippen molar-refractivity contribution in [3.8, 4) is 5.75 Å². The van der Waals surface area contributed by atoms with Gasteiger partial charge in [0.2, 0.25) is 76.8 Å². The van der Waals surface area contributed by atoms with E-state index in [-0.39, 0.29) is 94.3 Å². The predicted molar refractivity (Wildman–Crippen MR) is 426 cm³/mol. The lowest BCUT2D eigenvalue weighted by Crippen LogP contribution is -2.64. The number of methoxy groups -OCH3 is 1. The number of aromatic nitrogens is 3. The fourth-order valence-electron chi connectivity index (χ4n) is 14.3. The maximum atomic E-state index is 15.4. The van der Waals surface area contributed by atoms with Crippen LogP contribution in [0.5, 0.6) is 5.75 Å². The van der Waals surface area contributed by atoms with E-state index in [9.17, 15) is 39.3 Å². The highest BCUT2D eigenvalue weighted by atomic mass is 16.7. The molecule has 4 heterocycles. The minimum Gasteiger partial charge on any atom is -0.508 e. The molecule has 0 radical (unpaired) electrons. The SMILES string of the molecule is CCCCCCCCC(=O)N[C@H]1[C@H](OC)O[C@H](Cn2cc(C[C@@H]3NC(=O)[C@H](Cc4ccc(O)cc4)NC(=O)[C@H](CCC(N)=O)NC(=O)[C@H](CC(N)=O)NC(=O)[C@@H](Cc4ccccc4)NC(=O)[C@H](Cc4ccccc4)NC(=O)[C@@H]4CCCN4C(=O)[C@@H](Cc4ccccc4)NC(=O)[C@H](CC(C)C)NC(=O)[C@H](CCCN)NC3=O)nn2)[C@@H](O)[C@@H]1O. The van der Waals surface area contributed by atoms with Crippen LogP contribution in [0.4, 0.5) is 0 Å². The standard InChI is InChI=1S/C82H113N17O18/c1-5-6-7-8-9-19-30-68(103)95-69-71(105)70(104)65(117-82(69)116-4)47-98-46-53(96-97-98)44-61-78(112)86-55(28-20-37-83)72(106)88-57(39-48(2)3)74(108)94-63(43-51-26-17-12-18-27-51)81(115)99-38-21-29-64(99)80(114)93-60(41-50-24-15-11-16-25-50)77(111)90-58(40-49-22-13-10-14-23-49)76(110)92-62(45-67(85)102)79(113)87-56(35-36-66(84)101)73(107)89-59(75(109)91-61)42-52-31-33-54(100)34-32-52/h10-18,22-27,31-34,46,48,55-65,69-71,82,100,104-105H,5-9,19-21,28-30,35-45,47,83H2,1-4H3,(H2,84,101)(H2,85,102)(H,86,112)(H,87,113)(H,88,106)(H,89,107)(H,90,111)(H,91,109)(H,92,110)(H,93,114)(H,94,108)(H,95,103)/t55-,56-,57-,58+,59-,60-,61-,62-,63+,64-,65+,69+,70+,71+,82+/m0/s1. The van der Waals surface area contributed by atoms with E-state index in [0.29, 0.717) is 35.1 Å². The number of unbranched alkanes of at least 4 members (excludes halogenated alkanes) is 5. The highest BCUT2D eigenvalue weighted by molar-refractivity contribution is 6.01. The normalized spacial score (nSPS) is 25.2. The van der Waals surface area contributed by atoms with E-state index in [1.54, 1.807) is 105 Å². The molecule has 35 heteroatoms. The Labute approximate surface area is 679 Å². The number of aliphatic hydroxyl groups excluding tert-OH is 2. The second-order valence-electron chi connectivity index (χ2n) is 30.4. The molecule has 3 saturated heterocycles. The van der Waals surface area contributed by atoms with Crippen LogP contribution in [0.1, 0.15) is 145 Å². The summed E-state index contributed by atoms with van der Waals surface area (Å²) >= 11 is 0. The van der Waals surface area contributed by atoms with Gasteiger partial charge >= 0.3 is 0 Å². The molecule has 0 spiro atoms. The van der Waals surface area contributed by atoms with Crippen molar-refractivity contribution in [2.45, 2.75) is 247 Å². The van der Waals surface area contributed by atoms with Crippen molar-refractivity contribution in [2.24, 2.45) is 23.1 Å². The Kier molecular flexibility index (Phi) is 35.8. The van der Waals surface area contributed by atoms with E-state index >= 15 is 38.4 Å². The molecule has 1 aromatic heterocycles. The van der Waals surface area contributed by atoms with Crippen molar-refractivity contribution in [2.75, 3.05) is 20.2 Å². The maximum absolute atomic E-state index is 15.4. The summed E-state index contributed by atoms with van der Waals surface area (Å²) in [6.07, 6.45) is -1.97. The van der Waals surface area contributed by atoms with Gasteiger partial charge in [-0.25, -0.2) is 4.68 Å². The first-order chi connectivity index (χ1) is 56.1. The Hall–Kier alpha value is -11.3. The van der Waals surface area contributed by atoms with Gasteiger partial charge in [-0.05, 0) is 91.8 Å². The minimum absolute atomic E-state index is 0.0101. The molecule has 0 unspecified atom stereocenters. The molecule has 0 saturated carbocycles. The number of carbonyl (C=O) groups is 13. The zero-order chi connectivity index (χ0) is 84.7. The van der Waals surface area contributed by atoms with Crippen LogP contribution in [0, 0.1) is 5.92 Å². The van der Waals surface area contributed by atoms with E-state index in [2.05, 4.69) is 70.4 Å². The van der Waals surface area contributed by atoms with E-state index in [4.69, 9.17) is 26.7 Å². The number of amides is 13. The molecular weight excluding hydrogens is 1510 g/mol. The highest BCUT2D eigenvalue weighted by Crippen LogP contribution is 2.26. The van der Waals surface area contributed by atoms with Crippen LogP contribution >= 0.6 is 0 Å². The largest absolute Gasteiger partial charge is 0.508 e. The van der Waals surface area contributed by atoms with Gasteiger partial charge in [-0.3, -0.25) is 62.3 Å². The van der Waals surface area contributed by atoms with Gasteiger partial charge in [0, 0.05) is 64.8 Å². The molecule has 3 aliphatic heterocycles. The Bertz CT molecular complexity index is 4140. The third-order valence-electron chi connectivity index (χ3n) is 20.6. The van der Waals surface area contributed by atoms with Gasteiger partial charge < -0.3 is 100 Å². The first kappa shape index (κ1) is 91.3. The van der Waals surface area contributed by atoms with E-state index in [0.717, 1.165) is 32.1 Å². The van der Waals surface area contributed by atoms with E-state index in [1.165, 1.54) is 47.2 Å². The number of benzene rings is 4. The highest BCUT2D eigenvalue weighted by Gasteiger charge is 2.47. The molecule has 13 amide bonds. The topological polar surface area (TPSA) is 533 Å². The number of phenolic OH excluding ortho intramolecular Hbond substituents is 1. The summed E-state index contributed by atoms with van der Waals surface area (Å²) in [7, 11) is 1.29. The van der Waals surface area contributed by atoms with Crippen molar-refractivity contribution >= 4 is 76.8 Å². The van der Waals surface area contributed by atoms with Crippen LogP contribution in [0.15, 0.2) is 121 Å². The minimum atomic E-state index is -1.93. The number of primary amides is 2. The van der Waals surface area contributed by atoms with Crippen LogP contribution in [0.2, 0.25) is 0 Å². The van der Waals surface area contributed by atoms with Crippen molar-refractivity contribution < 1.29 is 87.1 Å². The summed E-state index contributed by atoms with van der Waals surface area (Å²) in [4.78, 5) is 191. The second-order valence-corrected chi connectivity index (χ2v) is 30.4. The van der Waals surface area contributed by atoms with Crippen molar-refractivity contribution in [3.63, 3.8) is 0 Å². The van der Waals surface area contributed by atoms with E-state index in [1.807, 2.05) is 0 Å². The number of carbonyl (C=O) groups excluding carboxylic acids is 13. The van der Waals surface area contributed by atoms with Gasteiger partial charge in [0.1, 0.15) is 90.5 Å². The average molecular weight is 1620 g/mol. The van der Waals surface area contributed by atoms with Gasteiger partial charge in [-0.2, -0.15) is 0 Å². The summed E-state index contributed by atoms with van der Waals surface area (Å²) in [5.41, 5.74) is 19.4. The molecule has 4 aromatic carbocycles. The van der Waals surface area contributed by atoms with E-state index < -0.39 is 194 Å². The molecule has 117 heavy (non-hydrogen) atoms. The number of rotatable bonds is 31. The number of nitrogens with zero attached hydrogens (tertiary/aromatic N) is 4. The molecule has 35 nitrogen and oxygen atoms in total. The van der Waals surface area contributed by atoms with Gasteiger partial charge in [-0.1, -0.05) is 161 Å². The fraction of sp³-hybridized carbons (Fsp3) is 0.524. The number of aromatic hydroxyl groups is 1. The third kappa shape index (κ3) is 28.6. The molecule has 8 rings (SSSR count). The number of fused-ring (bicyclic) bond motifs is 1. The van der Waals surface area contributed by atoms with Crippen LogP contribution in [-0.2, 0) is 110 Å². The van der Waals surface area contributed by atoms with Crippen LogP contribution in [0.3, 0.4) is 0 Å². The third-order valence-corrected chi connectivity index (χ3v) is 20.6. The zero-order valence-electron chi connectivity index (χ0n) is 66.5. The van der Waals surface area contributed by atoms with Crippen molar-refractivity contribution in [3.05, 3.63) is 149 Å². The summed E-state index contributed by atoms with van der Waals surface area (Å²) in [6.45, 7) is 5.38. The molecule has 5 aromatic rings. The Morgan fingerprint density at radius 3 is 1.51 bits per heavy atom. The first-order valence-corrected chi connectivity index (χ1v) is 40.0. The predicted octanol–water partition coefficient (Wildman–Crippen LogP) is -0.881. The first-order valence-electron chi connectivity index (χ1n) is 40.0. The van der Waals surface area contributed by atoms with Crippen LogP contribution < -0.4 is 70.4 Å². The maximum Gasteiger partial charge on any atom is 0.246 e. The van der Waals surface area contributed by atoms with Crippen LogP contribution in [-0.4, -0.2) is 223 Å². The van der Waals surface area contributed by atoms with Gasteiger partial charge in [0.25, 0.3) is 0 Å². The molecular formula is C82H113N17O18. The number of nitrogens with two attached hydrogens (primary N) is 3. The summed E-state index contributed by atoms with van der Waals surface area (Å²) in [6, 6.07) is 13.9. The molecule has 15 atom stereocenters. The molecule has 0 bridgehead atoms. The average Bonchev–Trinajstić information content (AvgIpc) is 1.78. The molecule has 634 valence electrons.